The molecule has 18 heavy (non-hydrogen) atoms. The van der Waals surface area contributed by atoms with Gasteiger partial charge in [0.15, 0.2) is 0 Å². The number of halogens is 1. The topological polar surface area (TPSA) is 33.2 Å². The first kappa shape index (κ1) is 13.3. The average Bonchev–Trinajstić information content (AvgIpc) is 2.76. The maximum atomic E-state index is 12.3. The second-order valence-corrected chi connectivity index (χ2v) is 5.40. The van der Waals surface area contributed by atoms with Crippen molar-refractivity contribution in [3.8, 4) is 0 Å². The molecule has 0 N–H and O–H groups in total. The van der Waals surface area contributed by atoms with Crippen molar-refractivity contribution in [1.82, 2.24) is 9.88 Å². The third-order valence-corrected chi connectivity index (χ3v) is 3.63. The Hall–Kier alpha value is -1.09. The molecule has 1 aliphatic heterocycles. The van der Waals surface area contributed by atoms with E-state index >= 15 is 0 Å². The highest BCUT2D eigenvalue weighted by molar-refractivity contribution is 6.29. The molecule has 1 unspecified atom stereocenters. The number of carbonyl (C=O) groups is 1. The summed E-state index contributed by atoms with van der Waals surface area (Å²) in [6, 6.07) is 3.46. The van der Waals surface area contributed by atoms with Gasteiger partial charge in [0.2, 0.25) is 0 Å². The van der Waals surface area contributed by atoms with Crippen molar-refractivity contribution in [3.05, 3.63) is 28.5 Å². The zero-order chi connectivity index (χ0) is 13.1. The van der Waals surface area contributed by atoms with Crippen molar-refractivity contribution in [2.75, 3.05) is 13.1 Å². The predicted molar refractivity (Wildman–Crippen MR) is 72.9 cm³/mol. The van der Waals surface area contributed by atoms with Crippen LogP contribution in [0, 0.1) is 12.8 Å². The number of likely N-dealkylation sites (tertiary alicyclic amines) is 1. The standard InChI is InChI=1S/C14H19ClN2O/c1-3-4-11-5-6-17(9-11)14(18)12-7-10(2)16-13(15)8-12/h7-8,11H,3-6,9H2,1-2H3. The van der Waals surface area contributed by atoms with E-state index in [9.17, 15) is 4.79 Å². The van der Waals surface area contributed by atoms with Crippen LogP contribution < -0.4 is 0 Å². The van der Waals surface area contributed by atoms with Gasteiger partial charge in [0, 0.05) is 24.3 Å². The molecule has 3 nitrogen and oxygen atoms in total. The highest BCUT2D eigenvalue weighted by atomic mass is 35.5. The van der Waals surface area contributed by atoms with Gasteiger partial charge in [-0.3, -0.25) is 4.79 Å². The molecule has 1 aromatic heterocycles. The molecule has 1 aliphatic rings. The number of aryl methyl sites for hydroxylation is 1. The molecule has 0 aliphatic carbocycles. The van der Waals surface area contributed by atoms with Gasteiger partial charge < -0.3 is 4.90 Å². The summed E-state index contributed by atoms with van der Waals surface area (Å²) in [6.07, 6.45) is 3.52. The normalized spacial score (nSPS) is 19.3. The van der Waals surface area contributed by atoms with Gasteiger partial charge in [-0.25, -0.2) is 4.98 Å². The first-order valence-corrected chi connectivity index (χ1v) is 6.91. The number of hydrogen-bond acceptors (Lipinski definition) is 2. The first-order chi connectivity index (χ1) is 8.60. The molecule has 98 valence electrons. The van der Waals surface area contributed by atoms with Crippen LogP contribution in [0.3, 0.4) is 0 Å². The molecule has 0 aromatic carbocycles. The number of nitrogens with zero attached hydrogens (tertiary/aromatic N) is 2. The van der Waals surface area contributed by atoms with Crippen molar-refractivity contribution in [2.45, 2.75) is 33.1 Å². The molecule has 0 radical (unpaired) electrons. The highest BCUT2D eigenvalue weighted by Gasteiger charge is 2.26. The number of pyridine rings is 1. The monoisotopic (exact) mass is 266 g/mol. The molecule has 1 aromatic rings. The molecule has 2 rings (SSSR count). The number of aromatic nitrogens is 1. The second-order valence-electron chi connectivity index (χ2n) is 5.01. The van der Waals surface area contributed by atoms with E-state index in [1.54, 1.807) is 12.1 Å². The molecular formula is C14H19ClN2O. The maximum Gasteiger partial charge on any atom is 0.254 e. The summed E-state index contributed by atoms with van der Waals surface area (Å²) >= 11 is 5.90. The summed E-state index contributed by atoms with van der Waals surface area (Å²) in [4.78, 5) is 18.4. The van der Waals surface area contributed by atoms with Crippen molar-refractivity contribution in [2.24, 2.45) is 5.92 Å². The lowest BCUT2D eigenvalue weighted by Gasteiger charge is -2.16. The fourth-order valence-electron chi connectivity index (χ4n) is 2.60. The molecule has 0 bridgehead atoms. The van der Waals surface area contributed by atoms with E-state index in [-0.39, 0.29) is 5.91 Å². The third-order valence-electron chi connectivity index (χ3n) is 3.44. The number of carbonyl (C=O) groups excluding carboxylic acids is 1. The van der Waals surface area contributed by atoms with Crippen molar-refractivity contribution >= 4 is 17.5 Å². The van der Waals surface area contributed by atoms with Gasteiger partial charge in [0.1, 0.15) is 5.15 Å². The molecule has 1 saturated heterocycles. The molecular weight excluding hydrogens is 248 g/mol. The smallest absolute Gasteiger partial charge is 0.254 e. The van der Waals surface area contributed by atoms with Gasteiger partial charge in [-0.2, -0.15) is 0 Å². The Morgan fingerprint density at radius 3 is 3.00 bits per heavy atom. The summed E-state index contributed by atoms with van der Waals surface area (Å²) in [5.41, 5.74) is 1.44. The van der Waals surface area contributed by atoms with Crippen molar-refractivity contribution in [3.63, 3.8) is 0 Å². The lowest BCUT2D eigenvalue weighted by atomic mass is 10.0. The second kappa shape index (κ2) is 5.70. The zero-order valence-corrected chi connectivity index (χ0v) is 11.7. The van der Waals surface area contributed by atoms with Crippen LogP contribution >= 0.6 is 11.6 Å². The summed E-state index contributed by atoms with van der Waals surface area (Å²) in [5.74, 6) is 0.748. The average molecular weight is 267 g/mol. The minimum absolute atomic E-state index is 0.0843. The Bertz CT molecular complexity index is 427. The van der Waals surface area contributed by atoms with Crippen LogP contribution in [0.5, 0.6) is 0 Å². The maximum absolute atomic E-state index is 12.3. The van der Waals surface area contributed by atoms with E-state index in [0.29, 0.717) is 16.6 Å². The van der Waals surface area contributed by atoms with Crippen LogP contribution in [0.1, 0.15) is 42.2 Å². The van der Waals surface area contributed by atoms with Crippen LogP contribution in [0.15, 0.2) is 12.1 Å². The highest BCUT2D eigenvalue weighted by Crippen LogP contribution is 2.23. The lowest BCUT2D eigenvalue weighted by molar-refractivity contribution is 0.0786. The first-order valence-electron chi connectivity index (χ1n) is 6.53. The van der Waals surface area contributed by atoms with E-state index in [1.807, 2.05) is 11.8 Å². The molecule has 2 heterocycles. The van der Waals surface area contributed by atoms with Gasteiger partial charge in [0.05, 0.1) is 0 Å². The zero-order valence-electron chi connectivity index (χ0n) is 10.9. The Kier molecular flexibility index (Phi) is 4.23. The molecule has 1 fully saturated rings. The quantitative estimate of drug-likeness (QED) is 0.787. The summed E-state index contributed by atoms with van der Waals surface area (Å²) in [6.45, 7) is 5.79. The van der Waals surface area contributed by atoms with Crippen LogP contribution in [0.25, 0.3) is 0 Å². The summed E-state index contributed by atoms with van der Waals surface area (Å²) in [5, 5.41) is 0.391. The van der Waals surface area contributed by atoms with Crippen LogP contribution in [0.2, 0.25) is 5.15 Å². The van der Waals surface area contributed by atoms with Crippen molar-refractivity contribution in [1.29, 1.82) is 0 Å². The van der Waals surface area contributed by atoms with E-state index in [0.717, 1.165) is 25.2 Å². The number of rotatable bonds is 3. The number of hydrogen-bond donors (Lipinski definition) is 0. The minimum atomic E-state index is 0.0843. The van der Waals surface area contributed by atoms with Gasteiger partial charge >= 0.3 is 0 Å². The van der Waals surface area contributed by atoms with Gasteiger partial charge in [-0.1, -0.05) is 24.9 Å². The van der Waals surface area contributed by atoms with Gasteiger partial charge in [-0.05, 0) is 37.8 Å². The van der Waals surface area contributed by atoms with E-state index in [4.69, 9.17) is 11.6 Å². The van der Waals surface area contributed by atoms with Crippen LogP contribution in [0.4, 0.5) is 0 Å². The summed E-state index contributed by atoms with van der Waals surface area (Å²) in [7, 11) is 0. The van der Waals surface area contributed by atoms with Gasteiger partial charge in [-0.15, -0.1) is 0 Å². The lowest BCUT2D eigenvalue weighted by Crippen LogP contribution is -2.28. The molecule has 0 saturated carbocycles. The van der Waals surface area contributed by atoms with Crippen LogP contribution in [-0.4, -0.2) is 28.9 Å². The van der Waals surface area contributed by atoms with Crippen LogP contribution in [-0.2, 0) is 0 Å². The Balaban J connectivity index is 2.08. The molecule has 0 spiro atoms. The minimum Gasteiger partial charge on any atom is -0.338 e. The van der Waals surface area contributed by atoms with Gasteiger partial charge in [0.25, 0.3) is 5.91 Å². The SMILES string of the molecule is CCCC1CCN(C(=O)c2cc(C)nc(Cl)c2)C1. The largest absolute Gasteiger partial charge is 0.338 e. The summed E-state index contributed by atoms with van der Waals surface area (Å²) < 4.78 is 0. The van der Waals surface area contributed by atoms with Crippen molar-refractivity contribution < 1.29 is 4.79 Å². The molecule has 1 atom stereocenters. The van der Waals surface area contributed by atoms with E-state index in [1.165, 1.54) is 12.8 Å². The Morgan fingerprint density at radius 2 is 2.33 bits per heavy atom. The fraction of sp³-hybridized carbons (Fsp3) is 0.571. The Labute approximate surface area is 113 Å². The van der Waals surface area contributed by atoms with E-state index in [2.05, 4.69) is 11.9 Å². The van der Waals surface area contributed by atoms with E-state index < -0.39 is 0 Å². The molecule has 4 heteroatoms. The fourth-order valence-corrected chi connectivity index (χ4v) is 2.85. The number of amides is 1. The Morgan fingerprint density at radius 1 is 1.56 bits per heavy atom. The third kappa shape index (κ3) is 3.02. The predicted octanol–water partition coefficient (Wildman–Crippen LogP) is 3.31. The molecule has 1 amide bonds.